The smallest absolute Gasteiger partial charge is 0.120 e. The number of likely N-dealkylation sites (tertiary alicyclic amines) is 1. The Bertz CT molecular complexity index is 411. The average Bonchev–Trinajstić information content (AvgIpc) is 2.61. The number of aromatic hydroxyl groups is 1. The van der Waals surface area contributed by atoms with E-state index in [1.165, 1.54) is 18.4 Å². The molecule has 2 nitrogen and oxygen atoms in total. The molecule has 1 atom stereocenters. The van der Waals surface area contributed by atoms with E-state index in [2.05, 4.69) is 38.7 Å². The minimum Gasteiger partial charge on any atom is -0.508 e. The maximum atomic E-state index is 10.0. The summed E-state index contributed by atoms with van der Waals surface area (Å²) < 4.78 is 0. The first-order valence-electron chi connectivity index (χ1n) is 6.48. The van der Waals surface area contributed by atoms with Gasteiger partial charge in [-0.1, -0.05) is 17.7 Å². The van der Waals surface area contributed by atoms with Gasteiger partial charge in [-0.3, -0.25) is 4.90 Å². The molecule has 0 radical (unpaired) electrons. The summed E-state index contributed by atoms with van der Waals surface area (Å²) in [5, 5.41) is 10.0. The maximum absolute atomic E-state index is 10.0. The van der Waals surface area contributed by atoms with Crippen LogP contribution in [0.15, 0.2) is 18.2 Å². The Morgan fingerprint density at radius 3 is 2.65 bits per heavy atom. The van der Waals surface area contributed by atoms with E-state index in [4.69, 9.17) is 0 Å². The highest BCUT2D eigenvalue weighted by Crippen LogP contribution is 2.38. The summed E-state index contributed by atoms with van der Waals surface area (Å²) >= 11 is 0. The highest BCUT2D eigenvalue weighted by atomic mass is 16.3. The van der Waals surface area contributed by atoms with E-state index in [-0.39, 0.29) is 11.6 Å². The lowest BCUT2D eigenvalue weighted by atomic mass is 9.97. The van der Waals surface area contributed by atoms with Crippen LogP contribution in [0.25, 0.3) is 0 Å². The zero-order valence-corrected chi connectivity index (χ0v) is 11.3. The quantitative estimate of drug-likeness (QED) is 0.843. The molecular weight excluding hydrogens is 210 g/mol. The predicted octanol–water partition coefficient (Wildman–Crippen LogP) is 3.64. The molecule has 0 aliphatic carbocycles. The van der Waals surface area contributed by atoms with Crippen LogP contribution in [0.4, 0.5) is 0 Å². The van der Waals surface area contributed by atoms with Crippen LogP contribution in [-0.4, -0.2) is 22.1 Å². The van der Waals surface area contributed by atoms with Crippen molar-refractivity contribution in [2.75, 3.05) is 6.54 Å². The van der Waals surface area contributed by atoms with E-state index in [9.17, 15) is 5.11 Å². The summed E-state index contributed by atoms with van der Waals surface area (Å²) in [6.07, 6.45) is 2.49. The monoisotopic (exact) mass is 233 g/mol. The highest BCUT2D eigenvalue weighted by molar-refractivity contribution is 5.38. The van der Waals surface area contributed by atoms with Gasteiger partial charge in [0.15, 0.2) is 0 Å². The molecule has 1 unspecified atom stereocenters. The van der Waals surface area contributed by atoms with Gasteiger partial charge in [0.1, 0.15) is 5.75 Å². The molecule has 0 aromatic heterocycles. The number of nitrogens with zero attached hydrogens (tertiary/aromatic N) is 1. The van der Waals surface area contributed by atoms with Gasteiger partial charge in [-0.25, -0.2) is 0 Å². The van der Waals surface area contributed by atoms with Crippen LogP contribution in [0.2, 0.25) is 0 Å². The van der Waals surface area contributed by atoms with Crippen LogP contribution >= 0.6 is 0 Å². The Balaban J connectivity index is 2.30. The van der Waals surface area contributed by atoms with Crippen molar-refractivity contribution in [3.05, 3.63) is 29.3 Å². The molecule has 2 heteroatoms. The first-order chi connectivity index (χ1) is 7.92. The standard InChI is InChI=1S/C15H23NO/c1-11-6-7-14(17)13(10-11)12(2)16-9-5-8-15(16,3)4/h6-7,10,12,17H,5,8-9H2,1-4H3. The number of aryl methyl sites for hydroxylation is 1. The molecule has 1 aliphatic rings. The lowest BCUT2D eigenvalue weighted by Crippen LogP contribution is -2.39. The molecule has 1 saturated heterocycles. The predicted molar refractivity (Wildman–Crippen MR) is 71.3 cm³/mol. The van der Waals surface area contributed by atoms with Crippen molar-refractivity contribution >= 4 is 0 Å². The SMILES string of the molecule is Cc1ccc(O)c(C(C)N2CCCC2(C)C)c1. The Kier molecular flexibility index (Phi) is 3.17. The van der Waals surface area contributed by atoms with Gasteiger partial charge in [0.05, 0.1) is 0 Å². The number of hydrogen-bond donors (Lipinski definition) is 1. The normalized spacial score (nSPS) is 21.6. The van der Waals surface area contributed by atoms with Crippen molar-refractivity contribution in [2.45, 2.75) is 52.1 Å². The number of rotatable bonds is 2. The third-order valence-electron chi connectivity index (χ3n) is 4.07. The molecule has 0 spiro atoms. The van der Waals surface area contributed by atoms with Gasteiger partial charge < -0.3 is 5.11 Å². The van der Waals surface area contributed by atoms with Crippen molar-refractivity contribution < 1.29 is 5.11 Å². The molecule has 1 aromatic carbocycles. The summed E-state index contributed by atoms with van der Waals surface area (Å²) in [6.45, 7) is 9.99. The molecule has 0 amide bonds. The van der Waals surface area contributed by atoms with Gasteiger partial charge in [0.25, 0.3) is 0 Å². The van der Waals surface area contributed by atoms with Crippen molar-refractivity contribution in [1.82, 2.24) is 4.90 Å². The Labute approximate surface area is 104 Å². The Morgan fingerprint density at radius 2 is 2.06 bits per heavy atom. The fourth-order valence-corrected chi connectivity index (χ4v) is 3.02. The van der Waals surface area contributed by atoms with Crippen LogP contribution in [-0.2, 0) is 0 Å². The zero-order valence-electron chi connectivity index (χ0n) is 11.3. The number of phenolic OH excluding ortho intramolecular Hbond substituents is 1. The van der Waals surface area contributed by atoms with E-state index in [1.54, 1.807) is 0 Å². The molecule has 1 aliphatic heterocycles. The fourth-order valence-electron chi connectivity index (χ4n) is 3.02. The van der Waals surface area contributed by atoms with Crippen molar-refractivity contribution in [1.29, 1.82) is 0 Å². The summed E-state index contributed by atoms with van der Waals surface area (Å²) in [5.74, 6) is 0.422. The lowest BCUT2D eigenvalue weighted by molar-refractivity contribution is 0.123. The second-order valence-electron chi connectivity index (χ2n) is 5.85. The topological polar surface area (TPSA) is 23.5 Å². The second-order valence-corrected chi connectivity index (χ2v) is 5.85. The number of phenols is 1. The molecule has 2 rings (SSSR count). The average molecular weight is 233 g/mol. The van der Waals surface area contributed by atoms with Gasteiger partial charge in [-0.15, -0.1) is 0 Å². The largest absolute Gasteiger partial charge is 0.508 e. The van der Waals surface area contributed by atoms with Gasteiger partial charge in [0.2, 0.25) is 0 Å². The minimum atomic E-state index is 0.246. The summed E-state index contributed by atoms with van der Waals surface area (Å²) in [6, 6.07) is 6.16. The number of benzene rings is 1. The summed E-state index contributed by atoms with van der Waals surface area (Å²) in [5.41, 5.74) is 2.51. The lowest BCUT2D eigenvalue weighted by Gasteiger charge is -2.37. The van der Waals surface area contributed by atoms with Crippen LogP contribution in [0.1, 0.15) is 50.8 Å². The van der Waals surface area contributed by atoms with Crippen molar-refractivity contribution in [2.24, 2.45) is 0 Å². The molecule has 1 heterocycles. The molecular formula is C15H23NO. The number of hydrogen-bond acceptors (Lipinski definition) is 2. The van der Waals surface area contributed by atoms with Gasteiger partial charge in [-0.05, 0) is 53.1 Å². The van der Waals surface area contributed by atoms with Crippen molar-refractivity contribution in [3.63, 3.8) is 0 Å². The van der Waals surface area contributed by atoms with E-state index in [0.29, 0.717) is 5.75 Å². The maximum Gasteiger partial charge on any atom is 0.120 e. The molecule has 0 saturated carbocycles. The van der Waals surface area contributed by atoms with Crippen LogP contribution < -0.4 is 0 Å². The van der Waals surface area contributed by atoms with E-state index in [0.717, 1.165) is 12.1 Å². The van der Waals surface area contributed by atoms with Crippen molar-refractivity contribution in [3.8, 4) is 5.75 Å². The third-order valence-corrected chi connectivity index (χ3v) is 4.07. The first kappa shape index (κ1) is 12.4. The molecule has 94 valence electrons. The van der Waals surface area contributed by atoms with E-state index < -0.39 is 0 Å². The van der Waals surface area contributed by atoms with Gasteiger partial charge in [0, 0.05) is 17.1 Å². The summed E-state index contributed by atoms with van der Waals surface area (Å²) in [4.78, 5) is 2.50. The fraction of sp³-hybridized carbons (Fsp3) is 0.600. The van der Waals surface area contributed by atoms with Gasteiger partial charge in [-0.2, -0.15) is 0 Å². The third kappa shape index (κ3) is 2.32. The van der Waals surface area contributed by atoms with E-state index in [1.807, 2.05) is 12.1 Å². The van der Waals surface area contributed by atoms with Crippen LogP contribution in [0.5, 0.6) is 5.75 Å². The Hall–Kier alpha value is -1.02. The van der Waals surface area contributed by atoms with E-state index >= 15 is 0 Å². The Morgan fingerprint density at radius 1 is 1.35 bits per heavy atom. The summed E-state index contributed by atoms with van der Waals surface area (Å²) in [7, 11) is 0. The minimum absolute atomic E-state index is 0.246. The van der Waals surface area contributed by atoms with Gasteiger partial charge >= 0.3 is 0 Å². The molecule has 0 bridgehead atoms. The van der Waals surface area contributed by atoms with Crippen LogP contribution in [0, 0.1) is 6.92 Å². The zero-order chi connectivity index (χ0) is 12.6. The molecule has 1 fully saturated rings. The first-order valence-corrected chi connectivity index (χ1v) is 6.48. The second kappa shape index (κ2) is 4.34. The molecule has 1 aromatic rings. The molecule has 17 heavy (non-hydrogen) atoms. The molecule has 1 N–H and O–H groups in total. The highest BCUT2D eigenvalue weighted by Gasteiger charge is 2.36. The van der Waals surface area contributed by atoms with Crippen LogP contribution in [0.3, 0.4) is 0 Å².